The smallest absolute Gasteiger partial charge is 0.300 e. The number of phenolic OH excluding ortho intramolecular Hbond substituents is 1. The number of benzene rings is 3. The second-order valence-electron chi connectivity index (χ2n) is 7.44. The zero-order chi connectivity index (χ0) is 22.2. The second kappa shape index (κ2) is 7.67. The maximum absolute atomic E-state index is 13.2. The van der Waals surface area contributed by atoms with E-state index >= 15 is 0 Å². The van der Waals surface area contributed by atoms with Crippen molar-refractivity contribution in [2.24, 2.45) is 0 Å². The molecule has 0 radical (unpaired) electrons. The number of Topliss-reactive ketones (excluding diaryl/α,β-unsaturated/α-hetero) is 1. The number of nitrogens with zero attached hydrogens (tertiary/aromatic N) is 2. The first-order valence-electron chi connectivity index (χ1n) is 10.1. The molecule has 0 saturated carbocycles. The molecular formula is C26H18N2O4. The average molecular weight is 422 g/mol. The van der Waals surface area contributed by atoms with Gasteiger partial charge >= 0.3 is 0 Å². The van der Waals surface area contributed by atoms with Crippen molar-refractivity contribution in [1.29, 1.82) is 0 Å². The molecule has 1 atom stereocenters. The summed E-state index contributed by atoms with van der Waals surface area (Å²) in [6.45, 7) is 0. The second-order valence-corrected chi connectivity index (χ2v) is 7.44. The fraction of sp³-hybridized carbons (Fsp3) is 0.0385. The molecule has 156 valence electrons. The van der Waals surface area contributed by atoms with Gasteiger partial charge in [0, 0.05) is 11.8 Å². The Bertz CT molecular complexity index is 1390. The number of hydrogen-bond acceptors (Lipinski definition) is 5. The number of carbonyl (C=O) groups excluding carboxylic acids is 2. The van der Waals surface area contributed by atoms with Crippen LogP contribution in [0, 0.1) is 0 Å². The first-order valence-corrected chi connectivity index (χ1v) is 10.1. The number of amides is 1. The fourth-order valence-corrected chi connectivity index (χ4v) is 4.14. The van der Waals surface area contributed by atoms with Crippen LogP contribution in [-0.4, -0.2) is 26.9 Å². The maximum atomic E-state index is 13.2. The summed E-state index contributed by atoms with van der Waals surface area (Å²) in [5.74, 6) is -2.12. The molecule has 3 aromatic carbocycles. The van der Waals surface area contributed by atoms with Crippen LogP contribution in [-0.2, 0) is 9.59 Å². The normalized spacial score (nSPS) is 17.8. The molecule has 2 N–H and O–H groups in total. The lowest BCUT2D eigenvalue weighted by Gasteiger charge is -2.25. The van der Waals surface area contributed by atoms with Crippen molar-refractivity contribution in [3.05, 3.63) is 108 Å². The quantitative estimate of drug-likeness (QED) is 0.287. The predicted octanol–water partition coefficient (Wildman–Crippen LogP) is 4.57. The van der Waals surface area contributed by atoms with E-state index in [1.807, 2.05) is 30.3 Å². The zero-order valence-electron chi connectivity index (χ0n) is 16.8. The molecule has 1 aliphatic rings. The average Bonchev–Trinajstić information content (AvgIpc) is 3.09. The number of rotatable bonds is 3. The molecule has 6 nitrogen and oxygen atoms in total. The third kappa shape index (κ3) is 3.01. The van der Waals surface area contributed by atoms with Gasteiger partial charge in [-0.05, 0) is 35.0 Å². The Morgan fingerprint density at radius 1 is 0.844 bits per heavy atom. The van der Waals surface area contributed by atoms with Gasteiger partial charge < -0.3 is 10.2 Å². The Balaban J connectivity index is 1.79. The van der Waals surface area contributed by atoms with Crippen LogP contribution in [0.5, 0.6) is 5.75 Å². The summed E-state index contributed by atoms with van der Waals surface area (Å²) < 4.78 is 0. The highest BCUT2D eigenvalue weighted by Crippen LogP contribution is 2.44. The molecule has 1 unspecified atom stereocenters. The molecule has 5 rings (SSSR count). The SMILES string of the molecule is O=C1C(=O)N(c2ccccc2O)C(c2ccccn2)/C1=C(/O)c1cccc2ccccc12. The highest BCUT2D eigenvalue weighted by molar-refractivity contribution is 6.52. The molecule has 32 heavy (non-hydrogen) atoms. The van der Waals surface area contributed by atoms with Gasteiger partial charge in [0.25, 0.3) is 11.7 Å². The van der Waals surface area contributed by atoms with Gasteiger partial charge in [0.2, 0.25) is 0 Å². The van der Waals surface area contributed by atoms with E-state index in [0.717, 1.165) is 10.8 Å². The van der Waals surface area contributed by atoms with Crippen LogP contribution >= 0.6 is 0 Å². The van der Waals surface area contributed by atoms with Crippen molar-refractivity contribution in [1.82, 2.24) is 4.98 Å². The van der Waals surface area contributed by atoms with E-state index in [4.69, 9.17) is 0 Å². The van der Waals surface area contributed by atoms with Gasteiger partial charge in [0.15, 0.2) is 0 Å². The Labute approximate surface area is 183 Å². The minimum absolute atomic E-state index is 0.0756. The van der Waals surface area contributed by atoms with Crippen LogP contribution < -0.4 is 4.90 Å². The minimum Gasteiger partial charge on any atom is -0.507 e. The number of aromatic nitrogens is 1. The molecule has 1 fully saturated rings. The van der Waals surface area contributed by atoms with Crippen LogP contribution in [0.4, 0.5) is 5.69 Å². The molecule has 0 bridgehead atoms. The van der Waals surface area contributed by atoms with Crippen molar-refractivity contribution in [3.8, 4) is 5.75 Å². The van der Waals surface area contributed by atoms with Crippen LogP contribution in [0.1, 0.15) is 17.3 Å². The number of aliphatic hydroxyl groups excluding tert-OH is 1. The number of carbonyl (C=O) groups is 2. The molecule has 4 aromatic rings. The Hall–Kier alpha value is -4.45. The first-order chi connectivity index (χ1) is 15.6. The van der Waals surface area contributed by atoms with Gasteiger partial charge in [-0.2, -0.15) is 0 Å². The molecule has 0 spiro atoms. The summed E-state index contributed by atoms with van der Waals surface area (Å²) in [5, 5.41) is 23.4. The van der Waals surface area contributed by atoms with Crippen LogP contribution in [0.15, 0.2) is 96.7 Å². The Kier molecular flexibility index (Phi) is 4.67. The third-order valence-electron chi connectivity index (χ3n) is 5.60. The van der Waals surface area contributed by atoms with Gasteiger partial charge in [-0.15, -0.1) is 0 Å². The molecule has 6 heteroatoms. The number of phenols is 1. The molecule has 0 aliphatic carbocycles. The monoisotopic (exact) mass is 422 g/mol. The van der Waals surface area contributed by atoms with E-state index in [9.17, 15) is 19.8 Å². The molecule has 1 amide bonds. The van der Waals surface area contributed by atoms with E-state index in [-0.39, 0.29) is 22.8 Å². The first kappa shape index (κ1) is 19.5. The molecule has 1 saturated heterocycles. The van der Waals surface area contributed by atoms with Gasteiger partial charge in [-0.3, -0.25) is 19.5 Å². The van der Waals surface area contributed by atoms with Crippen LogP contribution in [0.25, 0.3) is 16.5 Å². The minimum atomic E-state index is -0.997. The summed E-state index contributed by atoms with van der Waals surface area (Å²) in [6.07, 6.45) is 1.55. The summed E-state index contributed by atoms with van der Waals surface area (Å²) in [7, 11) is 0. The molecule has 1 aromatic heterocycles. The molecule has 1 aliphatic heterocycles. The highest BCUT2D eigenvalue weighted by Gasteiger charge is 2.48. The van der Waals surface area contributed by atoms with Gasteiger partial charge in [-0.25, -0.2) is 0 Å². The lowest BCUT2D eigenvalue weighted by Crippen LogP contribution is -2.29. The summed E-state index contributed by atoms with van der Waals surface area (Å²) >= 11 is 0. The Morgan fingerprint density at radius 2 is 1.56 bits per heavy atom. The lowest BCUT2D eigenvalue weighted by molar-refractivity contribution is -0.132. The van der Waals surface area contributed by atoms with Crippen molar-refractivity contribution < 1.29 is 19.8 Å². The number of anilines is 1. The number of ketones is 1. The van der Waals surface area contributed by atoms with Crippen LogP contribution in [0.3, 0.4) is 0 Å². The number of aliphatic hydroxyl groups is 1. The number of hydrogen-bond donors (Lipinski definition) is 2. The standard InChI is InChI=1S/C26H18N2O4/c29-21-14-4-3-13-20(21)28-23(19-12-5-6-15-27-19)22(25(31)26(28)32)24(30)18-11-7-9-16-8-1-2-10-17(16)18/h1-15,23,29-30H/b24-22-. The molecule has 2 heterocycles. The highest BCUT2D eigenvalue weighted by atomic mass is 16.3. The van der Waals surface area contributed by atoms with E-state index in [2.05, 4.69) is 4.98 Å². The zero-order valence-corrected chi connectivity index (χ0v) is 16.8. The van der Waals surface area contributed by atoms with Gasteiger partial charge in [0.05, 0.1) is 17.0 Å². The van der Waals surface area contributed by atoms with E-state index in [1.54, 1.807) is 54.7 Å². The van der Waals surface area contributed by atoms with Crippen LogP contribution in [0.2, 0.25) is 0 Å². The van der Waals surface area contributed by atoms with Gasteiger partial charge in [-0.1, -0.05) is 60.7 Å². The van der Waals surface area contributed by atoms with E-state index < -0.39 is 17.7 Å². The molecular weight excluding hydrogens is 404 g/mol. The van der Waals surface area contributed by atoms with Crippen molar-refractivity contribution in [2.75, 3.05) is 4.90 Å². The topological polar surface area (TPSA) is 90.7 Å². The summed E-state index contributed by atoms with van der Waals surface area (Å²) in [5.41, 5.74) is 0.937. The number of para-hydroxylation sites is 2. The third-order valence-corrected chi connectivity index (χ3v) is 5.60. The maximum Gasteiger partial charge on any atom is 0.300 e. The summed E-state index contributed by atoms with van der Waals surface area (Å²) in [6, 6.07) is 23.3. The fourth-order valence-electron chi connectivity index (χ4n) is 4.14. The number of fused-ring (bicyclic) bond motifs is 1. The predicted molar refractivity (Wildman–Crippen MR) is 121 cm³/mol. The van der Waals surface area contributed by atoms with Crippen molar-refractivity contribution in [3.63, 3.8) is 0 Å². The van der Waals surface area contributed by atoms with Crippen molar-refractivity contribution in [2.45, 2.75) is 6.04 Å². The van der Waals surface area contributed by atoms with Gasteiger partial charge in [0.1, 0.15) is 17.6 Å². The van der Waals surface area contributed by atoms with E-state index in [1.165, 1.54) is 11.0 Å². The Morgan fingerprint density at radius 3 is 2.34 bits per heavy atom. The van der Waals surface area contributed by atoms with E-state index in [0.29, 0.717) is 11.3 Å². The number of aromatic hydroxyl groups is 1. The largest absolute Gasteiger partial charge is 0.507 e. The van der Waals surface area contributed by atoms with Crippen molar-refractivity contribution >= 4 is 33.9 Å². The number of pyridine rings is 1. The summed E-state index contributed by atoms with van der Waals surface area (Å²) in [4.78, 5) is 31.9. The lowest BCUT2D eigenvalue weighted by atomic mass is 9.95.